The van der Waals surface area contributed by atoms with Gasteiger partial charge in [-0.25, -0.2) is 0 Å². The molecule has 1 fully saturated rings. The number of halogens is 2. The molecule has 1 aromatic rings. The average molecular weight is 333 g/mol. The molecule has 0 heterocycles. The van der Waals surface area contributed by atoms with Crippen molar-refractivity contribution in [2.75, 3.05) is 6.54 Å². The van der Waals surface area contributed by atoms with Crippen molar-refractivity contribution in [1.82, 2.24) is 5.32 Å². The normalized spacial score (nSPS) is 17.9. The predicted octanol–water partition coefficient (Wildman–Crippen LogP) is 4.40. The summed E-state index contributed by atoms with van der Waals surface area (Å²) in [5.74, 6) is 0.742. The average Bonchev–Trinajstić information content (AvgIpc) is 2.84. The summed E-state index contributed by atoms with van der Waals surface area (Å²) in [5, 5.41) is 4.21. The summed E-state index contributed by atoms with van der Waals surface area (Å²) in [4.78, 5) is 0. The number of hydrogen-bond donors (Lipinski definition) is 1. The van der Waals surface area contributed by atoms with Crippen LogP contribution in [0.15, 0.2) is 22.7 Å². The van der Waals surface area contributed by atoms with Crippen molar-refractivity contribution in [2.45, 2.75) is 44.8 Å². The van der Waals surface area contributed by atoms with Crippen LogP contribution >= 0.6 is 27.5 Å². The summed E-state index contributed by atoms with van der Waals surface area (Å²) in [7, 11) is 0. The van der Waals surface area contributed by atoms with Gasteiger partial charge in [-0.3, -0.25) is 0 Å². The van der Waals surface area contributed by atoms with E-state index in [1.807, 2.05) is 18.2 Å². The fraction of sp³-hybridized carbons (Fsp3) is 0.571. The minimum absolute atomic E-state index is 0.123. The smallest absolute Gasteiger partial charge is 0.139 e. The van der Waals surface area contributed by atoms with Gasteiger partial charge in [0.2, 0.25) is 0 Å². The first-order chi connectivity index (χ1) is 8.65. The molecule has 4 heteroatoms. The second-order valence-electron chi connectivity index (χ2n) is 4.89. The fourth-order valence-corrected chi connectivity index (χ4v) is 2.79. The Balaban J connectivity index is 1.82. The first-order valence-electron chi connectivity index (χ1n) is 6.50. The third-order valence-electron chi connectivity index (χ3n) is 3.27. The highest BCUT2D eigenvalue weighted by Gasteiger charge is 2.16. The molecule has 0 radical (unpaired) electrons. The van der Waals surface area contributed by atoms with Gasteiger partial charge in [-0.15, -0.1) is 0 Å². The van der Waals surface area contributed by atoms with Crippen LogP contribution in [0.1, 0.15) is 32.6 Å². The lowest BCUT2D eigenvalue weighted by atomic mass is 10.2. The maximum Gasteiger partial charge on any atom is 0.139 e. The van der Waals surface area contributed by atoms with Gasteiger partial charge < -0.3 is 10.1 Å². The van der Waals surface area contributed by atoms with E-state index in [0.717, 1.165) is 16.8 Å². The van der Waals surface area contributed by atoms with Crippen molar-refractivity contribution in [3.8, 4) is 5.75 Å². The van der Waals surface area contributed by atoms with Crippen LogP contribution < -0.4 is 10.1 Å². The van der Waals surface area contributed by atoms with Gasteiger partial charge in [0.05, 0.1) is 5.02 Å². The van der Waals surface area contributed by atoms with Crippen molar-refractivity contribution in [1.29, 1.82) is 0 Å². The molecule has 1 aromatic carbocycles. The molecule has 1 saturated carbocycles. The van der Waals surface area contributed by atoms with Crippen LogP contribution in [0.2, 0.25) is 5.02 Å². The standard InChI is InChI=1S/C14H19BrClNO/c1-10(9-17-12-4-2-3-5-12)18-14-8-11(15)6-7-13(14)16/h6-8,10,12,17H,2-5,9H2,1H3. The van der Waals surface area contributed by atoms with Crippen LogP contribution in [0.4, 0.5) is 0 Å². The van der Waals surface area contributed by atoms with E-state index in [4.69, 9.17) is 16.3 Å². The van der Waals surface area contributed by atoms with Gasteiger partial charge in [0.15, 0.2) is 0 Å². The molecule has 2 nitrogen and oxygen atoms in total. The third-order valence-corrected chi connectivity index (χ3v) is 4.08. The number of nitrogens with one attached hydrogen (secondary N) is 1. The van der Waals surface area contributed by atoms with E-state index in [1.165, 1.54) is 25.7 Å². The molecule has 0 aliphatic heterocycles. The molecule has 18 heavy (non-hydrogen) atoms. The van der Waals surface area contributed by atoms with Crippen LogP contribution in [-0.2, 0) is 0 Å². The van der Waals surface area contributed by atoms with Crippen LogP contribution in [0.5, 0.6) is 5.75 Å². The minimum Gasteiger partial charge on any atom is -0.488 e. The van der Waals surface area contributed by atoms with Crippen molar-refractivity contribution in [2.24, 2.45) is 0 Å². The summed E-state index contributed by atoms with van der Waals surface area (Å²) in [5.41, 5.74) is 0. The Bertz CT molecular complexity index is 393. The second kappa shape index (κ2) is 6.78. The van der Waals surface area contributed by atoms with E-state index in [1.54, 1.807) is 0 Å². The van der Waals surface area contributed by atoms with Gasteiger partial charge in [0, 0.05) is 17.1 Å². The summed E-state index contributed by atoms with van der Waals surface area (Å²) in [6.07, 6.45) is 5.42. The van der Waals surface area contributed by atoms with Gasteiger partial charge in [-0.1, -0.05) is 40.4 Å². The van der Waals surface area contributed by atoms with E-state index in [0.29, 0.717) is 11.1 Å². The lowest BCUT2D eigenvalue weighted by Gasteiger charge is -2.19. The minimum atomic E-state index is 0.123. The molecular formula is C14H19BrClNO. The van der Waals surface area contributed by atoms with Crippen LogP contribution in [0.3, 0.4) is 0 Å². The van der Waals surface area contributed by atoms with Crippen molar-refractivity contribution in [3.05, 3.63) is 27.7 Å². The molecule has 2 rings (SSSR count). The molecule has 1 aliphatic carbocycles. The van der Waals surface area contributed by atoms with Gasteiger partial charge in [-0.2, -0.15) is 0 Å². The van der Waals surface area contributed by atoms with E-state index in [2.05, 4.69) is 28.2 Å². The number of benzene rings is 1. The molecule has 0 bridgehead atoms. The maximum absolute atomic E-state index is 6.10. The SMILES string of the molecule is CC(CNC1CCCC1)Oc1cc(Br)ccc1Cl. The maximum atomic E-state index is 6.10. The van der Waals surface area contributed by atoms with Gasteiger partial charge in [0.1, 0.15) is 11.9 Å². The van der Waals surface area contributed by atoms with Gasteiger partial charge >= 0.3 is 0 Å². The molecule has 0 amide bonds. The summed E-state index contributed by atoms with van der Waals surface area (Å²) in [6.45, 7) is 2.94. The Hall–Kier alpha value is -0.250. The highest BCUT2D eigenvalue weighted by Crippen LogP contribution is 2.28. The lowest BCUT2D eigenvalue weighted by Crippen LogP contribution is -2.35. The highest BCUT2D eigenvalue weighted by molar-refractivity contribution is 9.10. The van der Waals surface area contributed by atoms with Crippen molar-refractivity contribution >= 4 is 27.5 Å². The molecule has 1 N–H and O–H groups in total. The molecule has 1 atom stereocenters. The van der Waals surface area contributed by atoms with Crippen molar-refractivity contribution < 1.29 is 4.74 Å². The molecule has 100 valence electrons. The molecule has 0 saturated heterocycles. The zero-order chi connectivity index (χ0) is 13.0. The summed E-state index contributed by atoms with van der Waals surface area (Å²) in [6, 6.07) is 6.34. The van der Waals surface area contributed by atoms with E-state index < -0.39 is 0 Å². The first kappa shape index (κ1) is 14.2. The van der Waals surface area contributed by atoms with Crippen LogP contribution in [0.25, 0.3) is 0 Å². The topological polar surface area (TPSA) is 21.3 Å². The zero-order valence-electron chi connectivity index (χ0n) is 10.6. The first-order valence-corrected chi connectivity index (χ1v) is 7.67. The number of rotatable bonds is 5. The predicted molar refractivity (Wildman–Crippen MR) is 79.5 cm³/mol. The Morgan fingerprint density at radius 1 is 1.44 bits per heavy atom. The number of ether oxygens (including phenoxy) is 1. The molecular weight excluding hydrogens is 314 g/mol. The van der Waals surface area contributed by atoms with E-state index >= 15 is 0 Å². The molecule has 1 aliphatic rings. The van der Waals surface area contributed by atoms with E-state index in [9.17, 15) is 0 Å². The molecule has 0 aromatic heterocycles. The Morgan fingerprint density at radius 3 is 2.89 bits per heavy atom. The fourth-order valence-electron chi connectivity index (χ4n) is 2.29. The van der Waals surface area contributed by atoms with Crippen LogP contribution in [0, 0.1) is 0 Å². The lowest BCUT2D eigenvalue weighted by molar-refractivity contribution is 0.211. The second-order valence-corrected chi connectivity index (χ2v) is 6.22. The third kappa shape index (κ3) is 4.15. The van der Waals surface area contributed by atoms with Gasteiger partial charge in [-0.05, 0) is 38.0 Å². The number of hydrogen-bond acceptors (Lipinski definition) is 2. The quantitative estimate of drug-likeness (QED) is 0.863. The summed E-state index contributed by atoms with van der Waals surface area (Å²) >= 11 is 9.53. The molecule has 1 unspecified atom stereocenters. The summed E-state index contributed by atoms with van der Waals surface area (Å²) < 4.78 is 6.85. The molecule has 0 spiro atoms. The monoisotopic (exact) mass is 331 g/mol. The Labute approximate surface area is 122 Å². The zero-order valence-corrected chi connectivity index (χ0v) is 12.9. The van der Waals surface area contributed by atoms with E-state index in [-0.39, 0.29) is 6.10 Å². The highest BCUT2D eigenvalue weighted by atomic mass is 79.9. The van der Waals surface area contributed by atoms with Gasteiger partial charge in [0.25, 0.3) is 0 Å². The largest absolute Gasteiger partial charge is 0.488 e. The Kier molecular flexibility index (Phi) is 5.34. The van der Waals surface area contributed by atoms with Crippen LogP contribution in [-0.4, -0.2) is 18.7 Å². The Morgan fingerprint density at radius 2 is 2.17 bits per heavy atom. The van der Waals surface area contributed by atoms with Crippen molar-refractivity contribution in [3.63, 3.8) is 0 Å².